The van der Waals surface area contributed by atoms with Crippen molar-refractivity contribution in [2.45, 2.75) is 38.6 Å². The van der Waals surface area contributed by atoms with Gasteiger partial charge in [-0.25, -0.2) is 4.79 Å². The Hall–Kier alpha value is -1.30. The van der Waals surface area contributed by atoms with Crippen LogP contribution < -0.4 is 0 Å². The van der Waals surface area contributed by atoms with Gasteiger partial charge in [-0.2, -0.15) is 0 Å². The van der Waals surface area contributed by atoms with E-state index < -0.39 is 11.9 Å². The van der Waals surface area contributed by atoms with Crippen LogP contribution in [0.4, 0.5) is 4.79 Å². The fourth-order valence-corrected chi connectivity index (χ4v) is 3.34. The van der Waals surface area contributed by atoms with E-state index in [1.165, 1.54) is 0 Å². The molecule has 0 aliphatic carbocycles. The fraction of sp³-hybridized carbons (Fsp3) is 0.857. The zero-order valence-corrected chi connectivity index (χ0v) is 12.0. The maximum Gasteiger partial charge on any atom is 0.320 e. The molecule has 0 aromatic rings. The van der Waals surface area contributed by atoms with Gasteiger partial charge in [-0.3, -0.25) is 4.79 Å². The fourth-order valence-electron chi connectivity index (χ4n) is 3.34. The van der Waals surface area contributed by atoms with Crippen LogP contribution in [0.15, 0.2) is 0 Å². The van der Waals surface area contributed by atoms with Gasteiger partial charge in [0.25, 0.3) is 0 Å². The molecule has 2 saturated heterocycles. The molecule has 0 spiro atoms. The number of amides is 2. The highest BCUT2D eigenvalue weighted by atomic mass is 16.4. The van der Waals surface area contributed by atoms with Gasteiger partial charge in [0.1, 0.15) is 0 Å². The lowest BCUT2D eigenvalue weighted by atomic mass is 9.99. The van der Waals surface area contributed by atoms with E-state index in [9.17, 15) is 9.59 Å². The second kappa shape index (κ2) is 6.43. The minimum Gasteiger partial charge on any atom is -0.481 e. The number of hydrogen-bond donors (Lipinski definition) is 2. The lowest BCUT2D eigenvalue weighted by Gasteiger charge is -2.29. The largest absolute Gasteiger partial charge is 0.481 e. The molecule has 3 atom stereocenters. The molecule has 2 fully saturated rings. The average Bonchev–Trinajstić information content (AvgIpc) is 3.01. The third kappa shape index (κ3) is 3.06. The molecule has 2 aliphatic heterocycles. The van der Waals surface area contributed by atoms with Crippen LogP contribution in [-0.2, 0) is 4.79 Å². The average molecular weight is 284 g/mol. The lowest BCUT2D eigenvalue weighted by molar-refractivity contribution is -0.142. The molecular weight excluding hydrogens is 260 g/mol. The molecule has 20 heavy (non-hydrogen) atoms. The minimum absolute atomic E-state index is 0.00921. The van der Waals surface area contributed by atoms with Crippen molar-refractivity contribution >= 4 is 12.0 Å². The van der Waals surface area contributed by atoms with Gasteiger partial charge < -0.3 is 20.0 Å². The van der Waals surface area contributed by atoms with Crippen LogP contribution in [0.5, 0.6) is 0 Å². The zero-order valence-electron chi connectivity index (χ0n) is 12.0. The molecule has 2 amide bonds. The second-order valence-corrected chi connectivity index (χ2v) is 5.96. The SMILES string of the molecule is C[C@@H]1CN(C(=O)N2CCCC2CCCO)C[C@H]1C(=O)O. The number of carboxylic acids is 1. The first-order valence-electron chi connectivity index (χ1n) is 7.43. The van der Waals surface area contributed by atoms with E-state index in [0.717, 1.165) is 25.8 Å². The van der Waals surface area contributed by atoms with Gasteiger partial charge in [0.2, 0.25) is 0 Å². The molecule has 114 valence electrons. The van der Waals surface area contributed by atoms with Crippen molar-refractivity contribution in [2.24, 2.45) is 11.8 Å². The Balaban J connectivity index is 1.95. The molecule has 6 nitrogen and oxygen atoms in total. The van der Waals surface area contributed by atoms with Crippen LogP contribution >= 0.6 is 0 Å². The van der Waals surface area contributed by atoms with Crippen molar-refractivity contribution in [3.05, 3.63) is 0 Å². The Bertz CT molecular complexity index is 374. The molecule has 1 unspecified atom stereocenters. The summed E-state index contributed by atoms with van der Waals surface area (Å²) in [5, 5.41) is 18.1. The monoisotopic (exact) mass is 284 g/mol. The van der Waals surface area contributed by atoms with Crippen molar-refractivity contribution in [3.8, 4) is 0 Å². The summed E-state index contributed by atoms with van der Waals surface area (Å²) in [7, 11) is 0. The second-order valence-electron chi connectivity index (χ2n) is 5.96. The smallest absolute Gasteiger partial charge is 0.320 e. The molecule has 0 bridgehead atoms. The van der Waals surface area contributed by atoms with Crippen LogP contribution in [0, 0.1) is 11.8 Å². The Labute approximate surface area is 119 Å². The van der Waals surface area contributed by atoms with E-state index in [-0.39, 0.29) is 24.6 Å². The number of likely N-dealkylation sites (tertiary alicyclic amines) is 2. The Morgan fingerprint density at radius 3 is 2.65 bits per heavy atom. The van der Waals surface area contributed by atoms with E-state index in [2.05, 4.69) is 0 Å². The van der Waals surface area contributed by atoms with Gasteiger partial charge in [0, 0.05) is 32.3 Å². The molecule has 2 heterocycles. The summed E-state index contributed by atoms with van der Waals surface area (Å²) < 4.78 is 0. The number of rotatable bonds is 4. The maximum atomic E-state index is 12.5. The van der Waals surface area contributed by atoms with E-state index in [1.807, 2.05) is 11.8 Å². The first-order chi connectivity index (χ1) is 9.54. The molecule has 0 radical (unpaired) electrons. The topological polar surface area (TPSA) is 81.1 Å². The quantitative estimate of drug-likeness (QED) is 0.807. The van der Waals surface area contributed by atoms with Crippen LogP contribution in [0.2, 0.25) is 0 Å². The van der Waals surface area contributed by atoms with E-state index in [0.29, 0.717) is 19.5 Å². The molecule has 2 N–H and O–H groups in total. The summed E-state index contributed by atoms with van der Waals surface area (Å²) in [5.74, 6) is -1.25. The number of aliphatic carboxylic acids is 1. The Morgan fingerprint density at radius 1 is 1.30 bits per heavy atom. The zero-order chi connectivity index (χ0) is 14.7. The first kappa shape index (κ1) is 15.1. The Kier molecular flexibility index (Phi) is 4.86. The van der Waals surface area contributed by atoms with Crippen molar-refractivity contribution in [1.82, 2.24) is 9.80 Å². The highest BCUT2D eigenvalue weighted by Gasteiger charge is 2.40. The predicted molar refractivity (Wildman–Crippen MR) is 73.3 cm³/mol. The van der Waals surface area contributed by atoms with Crippen LogP contribution in [0.25, 0.3) is 0 Å². The summed E-state index contributed by atoms with van der Waals surface area (Å²) in [4.78, 5) is 27.2. The van der Waals surface area contributed by atoms with Gasteiger partial charge >= 0.3 is 12.0 Å². The third-order valence-electron chi connectivity index (χ3n) is 4.52. The van der Waals surface area contributed by atoms with Gasteiger partial charge in [-0.1, -0.05) is 6.92 Å². The van der Waals surface area contributed by atoms with Crippen molar-refractivity contribution in [3.63, 3.8) is 0 Å². The number of urea groups is 1. The highest BCUT2D eigenvalue weighted by Crippen LogP contribution is 2.28. The van der Waals surface area contributed by atoms with E-state index in [4.69, 9.17) is 10.2 Å². The Morgan fingerprint density at radius 2 is 2.05 bits per heavy atom. The molecular formula is C14H24N2O4. The highest BCUT2D eigenvalue weighted by molar-refractivity contribution is 5.78. The van der Waals surface area contributed by atoms with Gasteiger partial charge in [0.05, 0.1) is 5.92 Å². The van der Waals surface area contributed by atoms with Crippen molar-refractivity contribution < 1.29 is 19.8 Å². The minimum atomic E-state index is -0.814. The summed E-state index contributed by atoms with van der Waals surface area (Å²) in [6.07, 6.45) is 3.52. The molecule has 2 aliphatic rings. The van der Waals surface area contributed by atoms with Crippen molar-refractivity contribution in [1.29, 1.82) is 0 Å². The van der Waals surface area contributed by atoms with E-state index >= 15 is 0 Å². The predicted octanol–water partition coefficient (Wildman–Crippen LogP) is 0.996. The van der Waals surface area contributed by atoms with E-state index in [1.54, 1.807) is 4.90 Å². The molecule has 0 saturated carbocycles. The number of hydrogen-bond acceptors (Lipinski definition) is 3. The summed E-state index contributed by atoms with van der Waals surface area (Å²) in [6.45, 7) is 3.63. The normalized spacial score (nSPS) is 30.0. The molecule has 6 heteroatoms. The number of carbonyl (C=O) groups excluding carboxylic acids is 1. The summed E-state index contributed by atoms with van der Waals surface area (Å²) in [5.41, 5.74) is 0. The molecule has 2 rings (SSSR count). The number of carbonyl (C=O) groups is 2. The van der Waals surface area contributed by atoms with Crippen LogP contribution in [-0.4, -0.2) is 64.3 Å². The maximum absolute atomic E-state index is 12.5. The standard InChI is InChI=1S/C14H24N2O4/c1-10-8-15(9-12(10)13(18)19)14(20)16-6-2-4-11(16)5-3-7-17/h10-12,17H,2-9H2,1H3,(H,18,19)/t10-,11?,12-/m1/s1. The summed E-state index contributed by atoms with van der Waals surface area (Å²) in [6, 6.07) is 0.176. The summed E-state index contributed by atoms with van der Waals surface area (Å²) >= 11 is 0. The van der Waals surface area contributed by atoms with Gasteiger partial charge in [-0.05, 0) is 31.6 Å². The molecule has 0 aromatic carbocycles. The van der Waals surface area contributed by atoms with Crippen LogP contribution in [0.1, 0.15) is 32.6 Å². The third-order valence-corrected chi connectivity index (χ3v) is 4.52. The number of aliphatic hydroxyl groups excluding tert-OH is 1. The number of aliphatic hydroxyl groups is 1. The lowest BCUT2D eigenvalue weighted by Crippen LogP contribution is -2.45. The number of carboxylic acid groups (broad SMARTS) is 1. The van der Waals surface area contributed by atoms with Crippen LogP contribution in [0.3, 0.4) is 0 Å². The van der Waals surface area contributed by atoms with Gasteiger partial charge in [0.15, 0.2) is 0 Å². The first-order valence-corrected chi connectivity index (χ1v) is 7.43. The van der Waals surface area contributed by atoms with Gasteiger partial charge in [-0.15, -0.1) is 0 Å². The van der Waals surface area contributed by atoms with Crippen molar-refractivity contribution in [2.75, 3.05) is 26.2 Å². The number of nitrogens with zero attached hydrogens (tertiary/aromatic N) is 2. The molecule has 0 aromatic heterocycles.